The summed E-state index contributed by atoms with van der Waals surface area (Å²) in [5.41, 5.74) is -1.15. The zero-order valence-corrected chi connectivity index (χ0v) is 9.21. The number of aliphatic imine (C=N–C) groups is 1. The highest BCUT2D eigenvalue weighted by molar-refractivity contribution is 6.42. The van der Waals surface area contributed by atoms with E-state index in [2.05, 4.69) is 15.6 Å². The third kappa shape index (κ3) is 2.61. The number of alkyl halides is 3. The van der Waals surface area contributed by atoms with Crippen LogP contribution in [0.4, 0.5) is 18.9 Å². The average Bonchev–Trinajstić information content (AvgIpc) is 2.81. The van der Waals surface area contributed by atoms with Crippen molar-refractivity contribution >= 4 is 17.4 Å². The van der Waals surface area contributed by atoms with Gasteiger partial charge in [0.1, 0.15) is 0 Å². The van der Waals surface area contributed by atoms with Crippen LogP contribution in [-0.4, -0.2) is 24.8 Å². The molecule has 0 bridgehead atoms. The van der Waals surface area contributed by atoms with Crippen LogP contribution in [0.25, 0.3) is 0 Å². The van der Waals surface area contributed by atoms with Crippen LogP contribution in [0.15, 0.2) is 29.3 Å². The number of amidine groups is 1. The van der Waals surface area contributed by atoms with Crippen molar-refractivity contribution < 1.29 is 18.0 Å². The molecule has 0 unspecified atom stereocenters. The molecule has 1 heterocycles. The van der Waals surface area contributed by atoms with Crippen molar-refractivity contribution in [2.75, 3.05) is 18.4 Å². The summed E-state index contributed by atoms with van der Waals surface area (Å²) in [5, 5.41) is 4.90. The SMILES string of the molecule is O=C(Nc1ccccc1C(F)(F)F)C1=NCCN1. The number of hydrogen-bond donors (Lipinski definition) is 2. The summed E-state index contributed by atoms with van der Waals surface area (Å²) in [6, 6.07) is 4.81. The van der Waals surface area contributed by atoms with Gasteiger partial charge in [-0.05, 0) is 12.1 Å². The Balaban J connectivity index is 2.21. The fourth-order valence-electron chi connectivity index (χ4n) is 1.57. The highest BCUT2D eigenvalue weighted by Crippen LogP contribution is 2.34. The first-order valence-electron chi connectivity index (χ1n) is 5.24. The predicted molar refractivity (Wildman–Crippen MR) is 60.4 cm³/mol. The molecule has 0 saturated carbocycles. The second-order valence-corrected chi connectivity index (χ2v) is 3.65. The minimum Gasteiger partial charge on any atom is -0.364 e. The van der Waals surface area contributed by atoms with E-state index in [1.54, 1.807) is 0 Å². The number of nitrogens with one attached hydrogen (secondary N) is 2. The number of benzene rings is 1. The van der Waals surface area contributed by atoms with Crippen LogP contribution in [0.3, 0.4) is 0 Å². The van der Waals surface area contributed by atoms with Gasteiger partial charge in [0, 0.05) is 6.54 Å². The number of carbonyl (C=O) groups excluding carboxylic acids is 1. The summed E-state index contributed by atoms with van der Waals surface area (Å²) >= 11 is 0. The molecule has 1 aromatic rings. The molecule has 1 aromatic carbocycles. The van der Waals surface area contributed by atoms with E-state index >= 15 is 0 Å². The molecule has 0 radical (unpaired) electrons. The van der Waals surface area contributed by atoms with E-state index in [1.165, 1.54) is 18.2 Å². The van der Waals surface area contributed by atoms with Crippen molar-refractivity contribution in [1.29, 1.82) is 0 Å². The summed E-state index contributed by atoms with van der Waals surface area (Å²) in [7, 11) is 0. The molecule has 0 aliphatic carbocycles. The van der Waals surface area contributed by atoms with Gasteiger partial charge in [0.15, 0.2) is 5.84 Å². The Bertz CT molecular complexity index is 497. The van der Waals surface area contributed by atoms with Gasteiger partial charge in [-0.3, -0.25) is 9.79 Å². The molecule has 1 amide bonds. The lowest BCUT2D eigenvalue weighted by atomic mass is 10.1. The van der Waals surface area contributed by atoms with Crippen molar-refractivity contribution in [2.24, 2.45) is 4.99 Å². The largest absolute Gasteiger partial charge is 0.418 e. The minimum absolute atomic E-state index is 0.0620. The molecular weight excluding hydrogens is 247 g/mol. The number of carbonyl (C=O) groups is 1. The smallest absolute Gasteiger partial charge is 0.364 e. The van der Waals surface area contributed by atoms with E-state index in [0.717, 1.165) is 6.07 Å². The topological polar surface area (TPSA) is 53.5 Å². The second-order valence-electron chi connectivity index (χ2n) is 3.65. The monoisotopic (exact) mass is 257 g/mol. The normalized spacial score (nSPS) is 14.9. The Morgan fingerprint density at radius 1 is 1.33 bits per heavy atom. The number of para-hydroxylation sites is 1. The van der Waals surface area contributed by atoms with Gasteiger partial charge >= 0.3 is 6.18 Å². The van der Waals surface area contributed by atoms with Crippen LogP contribution in [0.2, 0.25) is 0 Å². The van der Waals surface area contributed by atoms with Crippen LogP contribution in [-0.2, 0) is 11.0 Å². The molecule has 2 rings (SSSR count). The number of rotatable bonds is 2. The lowest BCUT2D eigenvalue weighted by Crippen LogP contribution is -2.32. The molecule has 1 aliphatic rings. The van der Waals surface area contributed by atoms with E-state index in [9.17, 15) is 18.0 Å². The van der Waals surface area contributed by atoms with Gasteiger partial charge in [0.2, 0.25) is 0 Å². The molecule has 7 heteroatoms. The van der Waals surface area contributed by atoms with E-state index in [0.29, 0.717) is 13.1 Å². The zero-order valence-electron chi connectivity index (χ0n) is 9.21. The lowest BCUT2D eigenvalue weighted by Gasteiger charge is -2.13. The van der Waals surface area contributed by atoms with Crippen LogP contribution >= 0.6 is 0 Å². The van der Waals surface area contributed by atoms with E-state index in [4.69, 9.17) is 0 Å². The summed E-state index contributed by atoms with van der Waals surface area (Å²) < 4.78 is 38.0. The number of halogens is 3. The standard InChI is InChI=1S/C11H10F3N3O/c12-11(13,14)7-3-1-2-4-8(7)17-10(18)9-15-5-6-16-9/h1-4H,5-6H2,(H,15,16)(H,17,18). The summed E-state index contributed by atoms with van der Waals surface area (Å²) in [5.74, 6) is -0.601. The number of hydrogen-bond acceptors (Lipinski definition) is 3. The zero-order chi connectivity index (χ0) is 13.2. The van der Waals surface area contributed by atoms with Crippen molar-refractivity contribution in [3.63, 3.8) is 0 Å². The van der Waals surface area contributed by atoms with Gasteiger partial charge in [-0.2, -0.15) is 13.2 Å². The quantitative estimate of drug-likeness (QED) is 0.846. The van der Waals surface area contributed by atoms with Crippen LogP contribution < -0.4 is 10.6 Å². The molecule has 0 spiro atoms. The molecule has 0 fully saturated rings. The molecule has 4 nitrogen and oxygen atoms in total. The maximum absolute atomic E-state index is 12.7. The van der Waals surface area contributed by atoms with Gasteiger partial charge in [-0.15, -0.1) is 0 Å². The van der Waals surface area contributed by atoms with E-state index < -0.39 is 17.6 Å². The van der Waals surface area contributed by atoms with Gasteiger partial charge in [0.05, 0.1) is 17.8 Å². The number of anilines is 1. The molecule has 0 atom stereocenters. The van der Waals surface area contributed by atoms with Gasteiger partial charge in [-0.1, -0.05) is 12.1 Å². The summed E-state index contributed by atoms with van der Waals surface area (Å²) in [4.78, 5) is 15.5. The molecule has 96 valence electrons. The first kappa shape index (κ1) is 12.4. The van der Waals surface area contributed by atoms with Gasteiger partial charge < -0.3 is 10.6 Å². The number of amides is 1. The molecule has 2 N–H and O–H groups in total. The summed E-state index contributed by atoms with van der Waals surface area (Å²) in [6.45, 7) is 0.966. The van der Waals surface area contributed by atoms with Gasteiger partial charge in [0.25, 0.3) is 5.91 Å². The molecule has 0 saturated heterocycles. The van der Waals surface area contributed by atoms with Crippen molar-refractivity contribution in [3.05, 3.63) is 29.8 Å². The van der Waals surface area contributed by atoms with Gasteiger partial charge in [-0.25, -0.2) is 0 Å². The fraction of sp³-hybridized carbons (Fsp3) is 0.273. The van der Waals surface area contributed by atoms with E-state index in [-0.39, 0.29) is 11.5 Å². The molecule has 1 aliphatic heterocycles. The predicted octanol–water partition coefficient (Wildman–Crippen LogP) is 1.65. The van der Waals surface area contributed by atoms with Crippen molar-refractivity contribution in [3.8, 4) is 0 Å². The maximum Gasteiger partial charge on any atom is 0.418 e. The Morgan fingerprint density at radius 3 is 2.67 bits per heavy atom. The highest BCUT2D eigenvalue weighted by Gasteiger charge is 2.33. The van der Waals surface area contributed by atoms with Crippen LogP contribution in [0.1, 0.15) is 5.56 Å². The molecule has 0 aromatic heterocycles. The third-order valence-corrected chi connectivity index (χ3v) is 2.37. The van der Waals surface area contributed by atoms with Crippen molar-refractivity contribution in [1.82, 2.24) is 5.32 Å². The second kappa shape index (κ2) is 4.67. The minimum atomic E-state index is -4.51. The summed E-state index contributed by atoms with van der Waals surface area (Å²) in [6.07, 6.45) is -4.51. The Hall–Kier alpha value is -2.05. The first-order chi connectivity index (χ1) is 8.48. The Labute approximate surface area is 101 Å². The molecule has 18 heavy (non-hydrogen) atoms. The maximum atomic E-state index is 12.7. The fourth-order valence-corrected chi connectivity index (χ4v) is 1.57. The average molecular weight is 257 g/mol. The Kier molecular flexibility index (Phi) is 3.22. The van der Waals surface area contributed by atoms with Crippen LogP contribution in [0.5, 0.6) is 0 Å². The first-order valence-corrected chi connectivity index (χ1v) is 5.24. The lowest BCUT2D eigenvalue weighted by molar-refractivity contribution is -0.136. The van der Waals surface area contributed by atoms with Crippen LogP contribution in [0, 0.1) is 0 Å². The molecular formula is C11H10F3N3O. The van der Waals surface area contributed by atoms with E-state index in [1.807, 2.05) is 0 Å². The van der Waals surface area contributed by atoms with Crippen molar-refractivity contribution in [2.45, 2.75) is 6.18 Å². The highest BCUT2D eigenvalue weighted by atomic mass is 19.4. The third-order valence-electron chi connectivity index (χ3n) is 2.37. The Morgan fingerprint density at radius 2 is 2.06 bits per heavy atom. The number of nitrogens with zero attached hydrogens (tertiary/aromatic N) is 1.